The minimum atomic E-state index is -0.934. The van der Waals surface area contributed by atoms with Crippen molar-refractivity contribution in [2.75, 3.05) is 0 Å². The first kappa shape index (κ1) is 17.1. The van der Waals surface area contributed by atoms with Gasteiger partial charge in [-0.3, -0.25) is 10.7 Å². The van der Waals surface area contributed by atoms with Crippen LogP contribution in [0.2, 0.25) is 0 Å². The Balaban J connectivity index is 1.70. The van der Waals surface area contributed by atoms with Crippen LogP contribution < -0.4 is 16.4 Å². The fourth-order valence-electron chi connectivity index (χ4n) is 3.12. The summed E-state index contributed by atoms with van der Waals surface area (Å²) in [5.74, 6) is -0.181. The van der Waals surface area contributed by atoms with Crippen LogP contribution in [0.3, 0.4) is 0 Å². The molecule has 0 radical (unpaired) electrons. The van der Waals surface area contributed by atoms with Gasteiger partial charge in [-0.2, -0.15) is 0 Å². The predicted octanol–water partition coefficient (Wildman–Crippen LogP) is 3.59. The lowest BCUT2D eigenvalue weighted by molar-refractivity contribution is 0.362. The zero-order valence-electron chi connectivity index (χ0n) is 15.0. The Morgan fingerprint density at radius 1 is 0.741 bits per heavy atom. The zero-order valence-corrected chi connectivity index (χ0v) is 15.0. The van der Waals surface area contributed by atoms with Crippen molar-refractivity contribution in [3.05, 3.63) is 114 Å². The molecular weight excluding hydrogens is 332 g/mol. The Morgan fingerprint density at radius 2 is 1.33 bits per heavy atom. The van der Waals surface area contributed by atoms with Gasteiger partial charge in [-0.25, -0.2) is 0 Å². The number of rotatable bonds is 4. The second-order valence-corrected chi connectivity index (χ2v) is 6.54. The van der Waals surface area contributed by atoms with Gasteiger partial charge in [-0.05, 0) is 11.1 Å². The van der Waals surface area contributed by atoms with E-state index < -0.39 is 5.79 Å². The van der Waals surface area contributed by atoms with Crippen LogP contribution in [-0.2, 0) is 12.3 Å². The van der Waals surface area contributed by atoms with Crippen LogP contribution in [0.25, 0.3) is 5.70 Å². The van der Waals surface area contributed by atoms with Gasteiger partial charge in [-0.1, -0.05) is 91.0 Å². The molecule has 1 aliphatic rings. The molecule has 0 spiro atoms. The summed E-state index contributed by atoms with van der Waals surface area (Å²) in [6.45, 7) is 0.590. The van der Waals surface area contributed by atoms with Crippen molar-refractivity contribution in [3.63, 3.8) is 0 Å². The van der Waals surface area contributed by atoms with Crippen LogP contribution in [0.1, 0.15) is 16.7 Å². The summed E-state index contributed by atoms with van der Waals surface area (Å²) in [7, 11) is 0. The molecule has 3 aromatic carbocycles. The third kappa shape index (κ3) is 3.91. The molecule has 0 bridgehead atoms. The monoisotopic (exact) mass is 354 g/mol. The first-order valence-electron chi connectivity index (χ1n) is 8.99. The largest absolute Gasteiger partial charge is 0.346 e. The zero-order chi connectivity index (χ0) is 18.5. The summed E-state index contributed by atoms with van der Waals surface area (Å²) in [5.41, 5.74) is 10.8. The lowest BCUT2D eigenvalue weighted by Gasteiger charge is -2.38. The Labute approximate surface area is 159 Å². The number of nitrogens with two attached hydrogens (primary N) is 1. The van der Waals surface area contributed by atoms with E-state index >= 15 is 0 Å². The maximum Gasteiger partial charge on any atom is 0.190 e. The molecule has 0 amide bonds. The fraction of sp³-hybridized carbons (Fsp3) is 0.0870. The molecule has 4 nitrogen and oxygen atoms in total. The molecular formula is C23H22N4. The molecule has 1 aliphatic heterocycles. The van der Waals surface area contributed by atoms with E-state index in [9.17, 15) is 0 Å². The van der Waals surface area contributed by atoms with E-state index in [-0.39, 0.29) is 0 Å². The highest BCUT2D eigenvalue weighted by atomic mass is 15.3. The molecule has 4 rings (SSSR count). The van der Waals surface area contributed by atoms with Crippen LogP contribution in [0.5, 0.6) is 0 Å². The van der Waals surface area contributed by atoms with Crippen LogP contribution in [0.4, 0.5) is 0 Å². The second kappa shape index (κ2) is 7.48. The number of nitrogens with zero attached hydrogens (tertiary/aromatic N) is 1. The lowest BCUT2D eigenvalue weighted by atomic mass is 10.0. The molecule has 4 heteroatoms. The number of aliphatic imine (C=N–C) groups is 1. The summed E-state index contributed by atoms with van der Waals surface area (Å²) in [4.78, 5) is 4.76. The molecule has 27 heavy (non-hydrogen) atoms. The van der Waals surface area contributed by atoms with Gasteiger partial charge in [0.15, 0.2) is 5.79 Å². The summed E-state index contributed by atoms with van der Waals surface area (Å²) >= 11 is 0. The Bertz CT molecular complexity index is 949. The van der Waals surface area contributed by atoms with Crippen LogP contribution in [0, 0.1) is 0 Å². The van der Waals surface area contributed by atoms with Crippen molar-refractivity contribution in [2.45, 2.75) is 12.3 Å². The van der Waals surface area contributed by atoms with Crippen molar-refractivity contribution in [1.82, 2.24) is 10.6 Å². The molecule has 4 N–H and O–H groups in total. The summed E-state index contributed by atoms with van der Waals surface area (Å²) in [6, 6.07) is 30.3. The number of benzene rings is 3. The quantitative estimate of drug-likeness (QED) is 0.671. The molecule has 0 fully saturated rings. The maximum atomic E-state index is 6.72. The topological polar surface area (TPSA) is 62.4 Å². The number of nitrogens with one attached hydrogen (secondary N) is 2. The molecule has 0 aromatic heterocycles. The summed E-state index contributed by atoms with van der Waals surface area (Å²) < 4.78 is 0. The molecule has 0 saturated heterocycles. The Morgan fingerprint density at radius 3 is 2.00 bits per heavy atom. The van der Waals surface area contributed by atoms with E-state index in [4.69, 9.17) is 10.7 Å². The van der Waals surface area contributed by atoms with E-state index in [1.54, 1.807) is 0 Å². The third-order valence-electron chi connectivity index (χ3n) is 4.53. The number of hydrogen-bond acceptors (Lipinski definition) is 3. The minimum Gasteiger partial charge on any atom is -0.346 e. The number of hydrogen-bond donors (Lipinski definition) is 3. The van der Waals surface area contributed by atoms with E-state index in [0.29, 0.717) is 6.54 Å². The molecule has 134 valence electrons. The lowest BCUT2D eigenvalue weighted by Crippen LogP contribution is -2.64. The highest BCUT2D eigenvalue weighted by Gasteiger charge is 2.32. The van der Waals surface area contributed by atoms with Crippen molar-refractivity contribution in [3.8, 4) is 0 Å². The van der Waals surface area contributed by atoms with Gasteiger partial charge >= 0.3 is 0 Å². The summed E-state index contributed by atoms with van der Waals surface area (Å²) in [5, 5.41) is 6.79. The first-order chi connectivity index (χ1) is 13.2. The standard InChI is InChI=1S/C23H22N4/c24-23(20-14-8-3-9-15-20)26-21(19-12-6-2-7-13-19)16-22(27-23)25-17-18-10-4-1-5-11-18/h1-16,26H,17,24H2,(H,25,27). The van der Waals surface area contributed by atoms with E-state index in [1.165, 1.54) is 0 Å². The molecule has 0 aliphatic carbocycles. The van der Waals surface area contributed by atoms with Crippen molar-refractivity contribution < 1.29 is 0 Å². The Hall–Kier alpha value is -3.37. The van der Waals surface area contributed by atoms with Crippen LogP contribution in [0.15, 0.2) is 102 Å². The van der Waals surface area contributed by atoms with Gasteiger partial charge in [0.05, 0.1) is 6.54 Å². The third-order valence-corrected chi connectivity index (χ3v) is 4.53. The SMILES string of the molecule is NC1(c2ccccc2)NC(c2ccccc2)=CC(=NCc2ccccc2)N1. The van der Waals surface area contributed by atoms with Crippen molar-refractivity contribution in [2.24, 2.45) is 10.7 Å². The second-order valence-electron chi connectivity index (χ2n) is 6.54. The van der Waals surface area contributed by atoms with E-state index in [0.717, 1.165) is 28.2 Å². The van der Waals surface area contributed by atoms with Gasteiger partial charge < -0.3 is 10.6 Å². The van der Waals surface area contributed by atoms with Crippen molar-refractivity contribution >= 4 is 11.5 Å². The van der Waals surface area contributed by atoms with E-state index in [1.807, 2.05) is 72.8 Å². The first-order valence-corrected chi connectivity index (χ1v) is 8.99. The average molecular weight is 354 g/mol. The van der Waals surface area contributed by atoms with E-state index in [2.05, 4.69) is 34.9 Å². The highest BCUT2D eigenvalue weighted by Crippen LogP contribution is 2.23. The molecule has 0 saturated carbocycles. The highest BCUT2D eigenvalue weighted by molar-refractivity contribution is 6.01. The van der Waals surface area contributed by atoms with Crippen molar-refractivity contribution in [1.29, 1.82) is 0 Å². The molecule has 3 aromatic rings. The summed E-state index contributed by atoms with van der Waals surface area (Å²) in [6.07, 6.45) is 2.01. The molecule has 1 unspecified atom stereocenters. The number of amidine groups is 1. The average Bonchev–Trinajstić information content (AvgIpc) is 2.74. The Kier molecular flexibility index (Phi) is 4.73. The molecule has 1 heterocycles. The molecule has 1 atom stereocenters. The van der Waals surface area contributed by atoms with Gasteiger partial charge in [0, 0.05) is 17.3 Å². The van der Waals surface area contributed by atoms with Gasteiger partial charge in [-0.15, -0.1) is 0 Å². The predicted molar refractivity (Wildman–Crippen MR) is 111 cm³/mol. The van der Waals surface area contributed by atoms with Gasteiger partial charge in [0.1, 0.15) is 5.84 Å². The minimum absolute atomic E-state index is 0.590. The smallest absolute Gasteiger partial charge is 0.190 e. The van der Waals surface area contributed by atoms with Gasteiger partial charge in [0.25, 0.3) is 0 Å². The van der Waals surface area contributed by atoms with Crippen LogP contribution in [-0.4, -0.2) is 5.84 Å². The fourth-order valence-corrected chi connectivity index (χ4v) is 3.12. The normalized spacial score (nSPS) is 20.5. The van der Waals surface area contributed by atoms with Crippen LogP contribution >= 0.6 is 0 Å². The maximum absolute atomic E-state index is 6.72. The van der Waals surface area contributed by atoms with Gasteiger partial charge in [0.2, 0.25) is 0 Å².